The van der Waals surface area contributed by atoms with E-state index in [4.69, 9.17) is 0 Å². The average Bonchev–Trinajstić information content (AvgIpc) is 2.61. The number of hydrogen-bond donors (Lipinski definition) is 2. The molecule has 0 aromatic heterocycles. The van der Waals surface area contributed by atoms with Gasteiger partial charge in [-0.15, -0.1) is 0 Å². The van der Waals surface area contributed by atoms with Crippen molar-refractivity contribution in [2.75, 3.05) is 17.7 Å². The number of methoxy groups -OCH3 is 1. The van der Waals surface area contributed by atoms with Gasteiger partial charge in [-0.25, -0.2) is 4.79 Å². The summed E-state index contributed by atoms with van der Waals surface area (Å²) in [5.74, 6) is -2.62. The molecule has 6 nitrogen and oxygen atoms in total. The maximum absolute atomic E-state index is 12.5. The highest BCUT2D eigenvalue weighted by Gasteiger charge is 2.30. The molecule has 2 aromatic carbocycles. The third-order valence-corrected chi connectivity index (χ3v) is 3.24. The molecule has 0 heterocycles. The van der Waals surface area contributed by atoms with E-state index in [9.17, 15) is 27.6 Å². The standard InChI is InChI=1S/C17H13F3N2O4/c1-26-16(25)10-2-6-12(7-3-10)21-14(23)15(24)22-13-8-4-11(5-9-13)17(18,19)20/h2-9H,1H3,(H,21,23)(H,22,24). The molecule has 0 aliphatic heterocycles. The molecule has 0 radical (unpaired) electrons. The average molecular weight is 366 g/mol. The Hall–Kier alpha value is -3.36. The van der Waals surface area contributed by atoms with Crippen LogP contribution < -0.4 is 10.6 Å². The number of halogens is 3. The SMILES string of the molecule is COC(=O)c1ccc(NC(=O)C(=O)Nc2ccc(C(F)(F)F)cc2)cc1. The Morgan fingerprint density at radius 2 is 1.23 bits per heavy atom. The van der Waals surface area contributed by atoms with E-state index >= 15 is 0 Å². The lowest BCUT2D eigenvalue weighted by Gasteiger charge is -2.09. The van der Waals surface area contributed by atoms with E-state index in [0.29, 0.717) is 0 Å². The van der Waals surface area contributed by atoms with Crippen molar-refractivity contribution >= 4 is 29.2 Å². The fraction of sp³-hybridized carbons (Fsp3) is 0.118. The molecule has 0 spiro atoms. The molecule has 2 N–H and O–H groups in total. The van der Waals surface area contributed by atoms with E-state index in [0.717, 1.165) is 24.3 Å². The molecule has 0 bridgehead atoms. The van der Waals surface area contributed by atoms with Gasteiger partial charge in [0.1, 0.15) is 0 Å². The molecular weight excluding hydrogens is 353 g/mol. The number of anilines is 2. The number of carbonyl (C=O) groups is 3. The second kappa shape index (κ2) is 7.68. The van der Waals surface area contributed by atoms with Gasteiger partial charge in [-0.2, -0.15) is 13.2 Å². The zero-order valence-electron chi connectivity index (χ0n) is 13.4. The molecule has 0 saturated heterocycles. The van der Waals surface area contributed by atoms with Gasteiger partial charge in [0.2, 0.25) is 0 Å². The van der Waals surface area contributed by atoms with Gasteiger partial charge in [0.05, 0.1) is 18.2 Å². The first kappa shape index (κ1) is 19.0. The summed E-state index contributed by atoms with van der Waals surface area (Å²) in [5.41, 5.74) is -0.310. The summed E-state index contributed by atoms with van der Waals surface area (Å²) in [7, 11) is 1.23. The molecule has 2 aromatic rings. The van der Waals surface area contributed by atoms with Crippen LogP contribution in [0, 0.1) is 0 Å². The topological polar surface area (TPSA) is 84.5 Å². The minimum absolute atomic E-state index is 0.0409. The van der Waals surface area contributed by atoms with Crippen LogP contribution in [-0.4, -0.2) is 24.9 Å². The Labute approximate surface area is 146 Å². The third kappa shape index (κ3) is 4.82. The smallest absolute Gasteiger partial charge is 0.416 e. The summed E-state index contributed by atoms with van der Waals surface area (Å²) >= 11 is 0. The van der Waals surface area contributed by atoms with Crippen molar-refractivity contribution in [2.24, 2.45) is 0 Å². The highest BCUT2D eigenvalue weighted by Crippen LogP contribution is 2.29. The summed E-state index contributed by atoms with van der Waals surface area (Å²) in [6.07, 6.45) is -4.49. The molecule has 136 valence electrons. The molecule has 0 aliphatic rings. The molecule has 0 saturated carbocycles. The van der Waals surface area contributed by atoms with Crippen molar-refractivity contribution in [3.8, 4) is 0 Å². The zero-order chi connectivity index (χ0) is 19.3. The molecule has 2 amide bonds. The molecule has 0 fully saturated rings. The number of amides is 2. The number of alkyl halides is 3. The van der Waals surface area contributed by atoms with Crippen molar-refractivity contribution in [3.05, 3.63) is 59.7 Å². The van der Waals surface area contributed by atoms with Gasteiger partial charge < -0.3 is 15.4 Å². The highest BCUT2D eigenvalue weighted by atomic mass is 19.4. The van der Waals surface area contributed by atoms with Crippen LogP contribution in [0.1, 0.15) is 15.9 Å². The number of nitrogens with one attached hydrogen (secondary N) is 2. The Morgan fingerprint density at radius 3 is 1.62 bits per heavy atom. The number of benzene rings is 2. The van der Waals surface area contributed by atoms with Crippen LogP contribution in [0.4, 0.5) is 24.5 Å². The highest BCUT2D eigenvalue weighted by molar-refractivity contribution is 6.43. The van der Waals surface area contributed by atoms with Crippen LogP contribution in [0.5, 0.6) is 0 Å². The maximum atomic E-state index is 12.5. The monoisotopic (exact) mass is 366 g/mol. The summed E-state index contributed by atoms with van der Waals surface area (Å²) in [5, 5.41) is 4.49. The van der Waals surface area contributed by atoms with E-state index in [1.54, 1.807) is 0 Å². The van der Waals surface area contributed by atoms with Crippen molar-refractivity contribution in [2.45, 2.75) is 6.18 Å². The number of carbonyl (C=O) groups excluding carboxylic acids is 3. The van der Waals surface area contributed by atoms with Crippen molar-refractivity contribution < 1.29 is 32.3 Å². The normalized spacial score (nSPS) is 10.8. The lowest BCUT2D eigenvalue weighted by molar-refractivity contribution is -0.137. The van der Waals surface area contributed by atoms with Crippen molar-refractivity contribution in [1.29, 1.82) is 0 Å². The number of hydrogen-bond acceptors (Lipinski definition) is 4. The lowest BCUT2D eigenvalue weighted by atomic mass is 10.2. The quantitative estimate of drug-likeness (QED) is 0.646. The van der Waals surface area contributed by atoms with E-state index < -0.39 is 29.5 Å². The Morgan fingerprint density at radius 1 is 0.808 bits per heavy atom. The minimum atomic E-state index is -4.49. The van der Waals surface area contributed by atoms with Crippen LogP contribution in [-0.2, 0) is 20.5 Å². The van der Waals surface area contributed by atoms with Gasteiger partial charge >= 0.3 is 24.0 Å². The minimum Gasteiger partial charge on any atom is -0.465 e. The van der Waals surface area contributed by atoms with Crippen LogP contribution in [0.25, 0.3) is 0 Å². The number of rotatable bonds is 3. The fourth-order valence-electron chi connectivity index (χ4n) is 1.93. The Kier molecular flexibility index (Phi) is 5.61. The van der Waals surface area contributed by atoms with Gasteiger partial charge in [-0.05, 0) is 48.5 Å². The van der Waals surface area contributed by atoms with Crippen molar-refractivity contribution in [1.82, 2.24) is 0 Å². The molecule has 2 rings (SSSR count). The molecular formula is C17H13F3N2O4. The van der Waals surface area contributed by atoms with E-state index in [-0.39, 0.29) is 16.9 Å². The Bertz CT molecular complexity index is 815. The number of ether oxygens (including phenoxy) is 1. The van der Waals surface area contributed by atoms with Gasteiger partial charge in [-0.1, -0.05) is 0 Å². The van der Waals surface area contributed by atoms with Crippen molar-refractivity contribution in [3.63, 3.8) is 0 Å². The van der Waals surface area contributed by atoms with E-state index in [1.165, 1.54) is 31.4 Å². The second-order valence-electron chi connectivity index (χ2n) is 5.05. The first-order valence-corrected chi connectivity index (χ1v) is 7.18. The molecule has 26 heavy (non-hydrogen) atoms. The first-order chi connectivity index (χ1) is 12.2. The molecule has 0 unspecified atom stereocenters. The second-order valence-corrected chi connectivity index (χ2v) is 5.05. The fourth-order valence-corrected chi connectivity index (χ4v) is 1.93. The third-order valence-electron chi connectivity index (χ3n) is 3.24. The van der Waals surface area contributed by atoms with E-state index in [1.807, 2.05) is 0 Å². The zero-order valence-corrected chi connectivity index (χ0v) is 13.4. The summed E-state index contributed by atoms with van der Waals surface area (Å²) in [6.45, 7) is 0. The van der Waals surface area contributed by atoms with Crippen LogP contribution in [0.2, 0.25) is 0 Å². The predicted molar refractivity (Wildman–Crippen MR) is 86.5 cm³/mol. The predicted octanol–water partition coefficient (Wildman–Crippen LogP) is 3.07. The molecule has 0 atom stereocenters. The van der Waals surface area contributed by atoms with Gasteiger partial charge in [0, 0.05) is 11.4 Å². The lowest BCUT2D eigenvalue weighted by Crippen LogP contribution is -2.29. The van der Waals surface area contributed by atoms with Gasteiger partial charge in [0.25, 0.3) is 0 Å². The number of esters is 1. The van der Waals surface area contributed by atoms with Crippen LogP contribution >= 0.6 is 0 Å². The summed E-state index contributed by atoms with van der Waals surface area (Å²) in [4.78, 5) is 34.9. The summed E-state index contributed by atoms with van der Waals surface area (Å²) < 4.78 is 42.0. The summed E-state index contributed by atoms with van der Waals surface area (Å²) in [6, 6.07) is 9.26. The molecule has 0 aliphatic carbocycles. The molecule has 9 heteroatoms. The largest absolute Gasteiger partial charge is 0.465 e. The van der Waals surface area contributed by atoms with Crippen LogP contribution in [0.15, 0.2) is 48.5 Å². The first-order valence-electron chi connectivity index (χ1n) is 7.18. The van der Waals surface area contributed by atoms with E-state index in [2.05, 4.69) is 15.4 Å². The Balaban J connectivity index is 1.97. The van der Waals surface area contributed by atoms with Gasteiger partial charge in [-0.3, -0.25) is 9.59 Å². The maximum Gasteiger partial charge on any atom is 0.416 e. The van der Waals surface area contributed by atoms with Crippen LogP contribution in [0.3, 0.4) is 0 Å². The van der Waals surface area contributed by atoms with Gasteiger partial charge in [0.15, 0.2) is 0 Å².